The normalized spacial score (nSPS) is 14.9. The Bertz CT molecular complexity index is 1520. The monoisotopic (exact) mass is 654 g/mol. The number of hydrogen-bond donors (Lipinski definition) is 1. The number of carbonyl (C=O) groups excluding carboxylic acids is 3. The molecule has 1 saturated carbocycles. The largest absolute Gasteiger partial charge is 0.411 e. The number of aromatic nitrogens is 3. The van der Waals surface area contributed by atoms with Gasteiger partial charge in [0.1, 0.15) is 18.2 Å². The molecule has 42 heavy (non-hydrogen) atoms. The molecule has 0 bridgehead atoms. The first-order valence-corrected chi connectivity index (χ1v) is 15.7. The van der Waals surface area contributed by atoms with Gasteiger partial charge in [-0.2, -0.15) is 17.8 Å². The van der Waals surface area contributed by atoms with Gasteiger partial charge in [-0.25, -0.2) is 8.42 Å². The highest BCUT2D eigenvalue weighted by Gasteiger charge is 2.38. The Balaban J connectivity index is 0.000000369. The number of nitrogen functional groups attached to an aromatic ring is 1. The predicted octanol–water partition coefficient (Wildman–Crippen LogP) is 3.31. The Morgan fingerprint density at radius 3 is 2.19 bits per heavy atom. The van der Waals surface area contributed by atoms with E-state index in [1.807, 2.05) is 20.8 Å². The van der Waals surface area contributed by atoms with Crippen molar-refractivity contribution < 1.29 is 40.7 Å². The van der Waals surface area contributed by atoms with Crippen molar-refractivity contribution in [3.63, 3.8) is 0 Å². The fourth-order valence-corrected chi connectivity index (χ4v) is 5.59. The van der Waals surface area contributed by atoms with Crippen LogP contribution in [-0.4, -0.2) is 65.9 Å². The van der Waals surface area contributed by atoms with Crippen LogP contribution in [0.5, 0.6) is 0 Å². The fraction of sp³-hybridized carbons (Fsp3) is 0.520. The Hall–Kier alpha value is -2.82. The van der Waals surface area contributed by atoms with Crippen LogP contribution < -0.4 is 11.4 Å². The first kappa shape index (κ1) is 35.4. The molecule has 11 nitrogen and oxygen atoms in total. The Labute approximate surface area is 249 Å². The van der Waals surface area contributed by atoms with Crippen molar-refractivity contribution in [2.45, 2.75) is 68.3 Å². The zero-order valence-corrected chi connectivity index (χ0v) is 25.8. The zero-order valence-electron chi connectivity index (χ0n) is 23.4. The van der Waals surface area contributed by atoms with Gasteiger partial charge in [0.05, 0.1) is 16.5 Å². The van der Waals surface area contributed by atoms with Crippen LogP contribution in [0.25, 0.3) is 0 Å². The van der Waals surface area contributed by atoms with Crippen molar-refractivity contribution in [3.8, 4) is 0 Å². The highest BCUT2D eigenvalue weighted by Crippen LogP contribution is 2.32. The highest BCUT2D eigenvalue weighted by molar-refractivity contribution is 7.98. The summed E-state index contributed by atoms with van der Waals surface area (Å²) in [7, 11) is -3.90. The summed E-state index contributed by atoms with van der Waals surface area (Å²) >= 11 is 7.40. The first-order valence-electron chi connectivity index (χ1n) is 12.3. The second-order valence-electron chi connectivity index (χ2n) is 10.3. The minimum absolute atomic E-state index is 0.0444. The van der Waals surface area contributed by atoms with Crippen LogP contribution in [-0.2, 0) is 36.2 Å². The summed E-state index contributed by atoms with van der Waals surface area (Å²) in [5.74, 6) is 1.98. The Morgan fingerprint density at radius 2 is 1.71 bits per heavy atom. The molecule has 232 valence electrons. The number of rotatable bonds is 7. The van der Waals surface area contributed by atoms with Gasteiger partial charge in [0, 0.05) is 35.6 Å². The molecule has 2 N–H and O–H groups in total. The fourth-order valence-electron chi connectivity index (χ4n) is 3.89. The van der Waals surface area contributed by atoms with Gasteiger partial charge in [-0.1, -0.05) is 44.1 Å². The van der Waals surface area contributed by atoms with Crippen LogP contribution in [0.4, 0.5) is 13.2 Å². The number of ketones is 3. The maximum atomic E-state index is 12.7. The van der Waals surface area contributed by atoms with Gasteiger partial charge in [-0.3, -0.25) is 19.2 Å². The van der Waals surface area contributed by atoms with Crippen LogP contribution >= 0.6 is 23.4 Å². The lowest BCUT2D eigenvalue weighted by Crippen LogP contribution is -2.37. The lowest BCUT2D eigenvalue weighted by Gasteiger charge is -2.20. The minimum Gasteiger partial charge on any atom is -0.367 e. The molecule has 1 heterocycles. The molecule has 0 unspecified atom stereocenters. The van der Waals surface area contributed by atoms with E-state index in [0.29, 0.717) is 17.3 Å². The molecule has 1 aromatic heterocycles. The van der Waals surface area contributed by atoms with Crippen LogP contribution in [0.1, 0.15) is 61.6 Å². The maximum Gasteiger partial charge on any atom is 0.411 e. The van der Waals surface area contributed by atoms with Crippen LogP contribution in [0, 0.1) is 5.92 Å². The Kier molecular flexibility index (Phi) is 11.5. The number of sulfone groups is 1. The molecule has 0 aliphatic heterocycles. The highest BCUT2D eigenvalue weighted by atomic mass is 35.5. The summed E-state index contributed by atoms with van der Waals surface area (Å²) in [4.78, 5) is 48.0. The third kappa shape index (κ3) is 8.84. The molecule has 0 amide bonds. The van der Waals surface area contributed by atoms with Gasteiger partial charge in [0.2, 0.25) is 5.16 Å². The molecule has 17 heteroatoms. The lowest BCUT2D eigenvalue weighted by molar-refractivity contribution is -0.176. The number of benzene rings is 1. The number of Topliss-reactive ketones (excluding diaryl/α,β-unsaturated/α-hetero) is 3. The summed E-state index contributed by atoms with van der Waals surface area (Å²) in [6.45, 7) is 3.23. The van der Waals surface area contributed by atoms with Crippen LogP contribution in [0.2, 0.25) is 5.02 Å². The molecule has 1 aromatic carbocycles. The van der Waals surface area contributed by atoms with E-state index in [1.54, 1.807) is 6.26 Å². The number of hydrogen-bond acceptors (Lipinski definition) is 11. The van der Waals surface area contributed by atoms with E-state index in [0.717, 1.165) is 23.1 Å². The molecule has 0 saturated heterocycles. The second-order valence-corrected chi connectivity index (χ2v) is 13.5. The molecule has 1 aliphatic carbocycles. The second kappa shape index (κ2) is 13.7. The molecule has 3 rings (SSSR count). The molecule has 1 aliphatic rings. The van der Waals surface area contributed by atoms with E-state index in [2.05, 4.69) is 14.9 Å². The summed E-state index contributed by atoms with van der Waals surface area (Å²) in [5, 5.41) is 7.73. The molecule has 2 aromatic rings. The van der Waals surface area contributed by atoms with Crippen molar-refractivity contribution >= 4 is 50.5 Å². The quantitative estimate of drug-likeness (QED) is 0.201. The number of halogens is 4. The number of nitrogens with two attached hydrogens (primary N) is 1. The smallest absolute Gasteiger partial charge is 0.367 e. The van der Waals surface area contributed by atoms with E-state index in [1.165, 1.54) is 11.8 Å². The van der Waals surface area contributed by atoms with Gasteiger partial charge in [-0.15, -0.1) is 10.2 Å². The van der Waals surface area contributed by atoms with Gasteiger partial charge in [0.25, 0.3) is 5.56 Å². The van der Waals surface area contributed by atoms with Crippen molar-refractivity contribution in [2.75, 3.05) is 25.0 Å². The number of alkyl halides is 3. The third-order valence-electron chi connectivity index (χ3n) is 5.89. The standard InChI is InChI=1S/C17H16ClF3O6S.C8H14N4OS/c1-28(25,26)13-6-5-9(15(18)10(13)7-27-8-17(19,20)21)16(24)14-11(22)3-2-4-12(14)23;1-8(2,3)5-6(13)12(9)7(14-4)11-10-5/h5-6,14H,2-4,7-8H2,1H3;9H2,1-4H3. The molecular weight excluding hydrogens is 625 g/mol. The average molecular weight is 655 g/mol. The van der Waals surface area contributed by atoms with Crippen molar-refractivity contribution in [1.29, 1.82) is 0 Å². The number of thioether (sulfide) groups is 1. The summed E-state index contributed by atoms with van der Waals surface area (Å²) < 4.78 is 66.4. The van der Waals surface area contributed by atoms with Crippen molar-refractivity contribution in [1.82, 2.24) is 14.9 Å². The number of carbonyl (C=O) groups is 3. The van der Waals surface area contributed by atoms with Crippen molar-refractivity contribution in [3.05, 3.63) is 44.3 Å². The average Bonchev–Trinajstić information content (AvgIpc) is 2.84. The summed E-state index contributed by atoms with van der Waals surface area (Å²) in [6, 6.07) is 2.04. The SMILES string of the molecule is CS(=O)(=O)c1ccc(C(=O)C2C(=O)CCCC2=O)c(Cl)c1COCC(F)(F)F.CSc1nnc(C(C)(C)C)c(=O)n1N. The first-order chi connectivity index (χ1) is 19.2. The van der Waals surface area contributed by atoms with E-state index < -0.39 is 62.4 Å². The number of ether oxygens (including phenoxy) is 1. The number of nitrogens with zero attached hydrogens (tertiary/aromatic N) is 3. The van der Waals surface area contributed by atoms with E-state index in [9.17, 15) is 40.8 Å². The Morgan fingerprint density at radius 1 is 1.14 bits per heavy atom. The van der Waals surface area contributed by atoms with Crippen molar-refractivity contribution in [2.24, 2.45) is 5.92 Å². The van der Waals surface area contributed by atoms with Gasteiger partial charge >= 0.3 is 6.18 Å². The molecule has 0 atom stereocenters. The topological polar surface area (TPSA) is 168 Å². The molecule has 0 spiro atoms. The third-order valence-corrected chi connectivity index (χ3v) is 8.14. The zero-order chi connectivity index (χ0) is 32.2. The summed E-state index contributed by atoms with van der Waals surface area (Å²) in [5.41, 5.74) is -0.875. The molecular formula is C25H30ClF3N4O7S2. The predicted molar refractivity (Wildman–Crippen MR) is 149 cm³/mol. The molecule has 0 radical (unpaired) electrons. The molecule has 1 fully saturated rings. The van der Waals surface area contributed by atoms with Crippen LogP contribution in [0.3, 0.4) is 0 Å². The van der Waals surface area contributed by atoms with E-state index >= 15 is 0 Å². The van der Waals surface area contributed by atoms with E-state index in [4.69, 9.17) is 17.4 Å². The van der Waals surface area contributed by atoms with Gasteiger partial charge in [0.15, 0.2) is 27.2 Å². The minimum atomic E-state index is -4.65. The van der Waals surface area contributed by atoms with Gasteiger partial charge in [-0.05, 0) is 24.8 Å². The van der Waals surface area contributed by atoms with Gasteiger partial charge < -0.3 is 10.6 Å². The van der Waals surface area contributed by atoms with Crippen LogP contribution in [0.15, 0.2) is 27.0 Å². The maximum absolute atomic E-state index is 12.7. The van der Waals surface area contributed by atoms with E-state index in [-0.39, 0.29) is 34.9 Å². The lowest BCUT2D eigenvalue weighted by atomic mass is 9.81. The summed E-state index contributed by atoms with van der Waals surface area (Å²) in [6.07, 6.45) is -1.61.